The molecule has 2 N–H and O–H groups in total. The molecule has 0 aliphatic carbocycles. The van der Waals surface area contributed by atoms with Crippen molar-refractivity contribution in [2.75, 3.05) is 5.32 Å². The monoisotopic (exact) mass is 284 g/mol. The molecule has 20 heavy (non-hydrogen) atoms. The van der Waals surface area contributed by atoms with Crippen LogP contribution in [0.15, 0.2) is 48.0 Å². The fourth-order valence-electron chi connectivity index (χ4n) is 1.92. The number of anilines is 1. The number of benzene rings is 1. The fourth-order valence-corrected chi connectivity index (χ4v) is 2.70. The van der Waals surface area contributed by atoms with Gasteiger partial charge in [0.1, 0.15) is 0 Å². The summed E-state index contributed by atoms with van der Waals surface area (Å²) >= 11 is 1.72. The number of nitrogens with zero attached hydrogens (tertiary/aromatic N) is 1. The molecule has 0 fully saturated rings. The minimum atomic E-state index is -0.958. The predicted molar refractivity (Wildman–Crippen MR) is 80.3 cm³/mol. The van der Waals surface area contributed by atoms with E-state index in [1.165, 1.54) is 16.3 Å². The molecule has 0 aliphatic heterocycles. The Labute approximate surface area is 119 Å². The second-order valence-corrected chi connectivity index (χ2v) is 5.32. The number of carboxylic acid groups (broad SMARTS) is 1. The highest BCUT2D eigenvalue weighted by Gasteiger charge is 2.03. The minimum Gasteiger partial charge on any atom is -0.478 e. The van der Waals surface area contributed by atoms with E-state index in [-0.39, 0.29) is 5.56 Å². The van der Waals surface area contributed by atoms with Crippen LogP contribution < -0.4 is 5.32 Å². The van der Waals surface area contributed by atoms with Gasteiger partial charge in [-0.3, -0.25) is 4.98 Å². The van der Waals surface area contributed by atoms with Gasteiger partial charge in [-0.25, -0.2) is 4.79 Å². The van der Waals surface area contributed by atoms with E-state index in [1.54, 1.807) is 23.5 Å². The second kappa shape index (κ2) is 5.30. The molecule has 0 atom stereocenters. The van der Waals surface area contributed by atoms with Gasteiger partial charge in [-0.1, -0.05) is 0 Å². The van der Waals surface area contributed by atoms with Crippen molar-refractivity contribution in [3.63, 3.8) is 0 Å². The molecule has 0 unspecified atom stereocenters. The average molecular weight is 284 g/mol. The topological polar surface area (TPSA) is 62.2 Å². The number of fused-ring (bicyclic) bond motifs is 1. The van der Waals surface area contributed by atoms with E-state index >= 15 is 0 Å². The molecule has 1 aromatic carbocycles. The molecule has 0 spiro atoms. The van der Waals surface area contributed by atoms with Gasteiger partial charge in [0.05, 0.1) is 17.8 Å². The van der Waals surface area contributed by atoms with Gasteiger partial charge in [-0.15, -0.1) is 11.3 Å². The normalized spacial score (nSPS) is 10.6. The van der Waals surface area contributed by atoms with Gasteiger partial charge in [-0.2, -0.15) is 0 Å². The summed E-state index contributed by atoms with van der Waals surface area (Å²) in [6, 6.07) is 11.6. The van der Waals surface area contributed by atoms with Crippen molar-refractivity contribution in [3.8, 4) is 0 Å². The number of aromatic carboxylic acids is 1. The lowest BCUT2D eigenvalue weighted by molar-refractivity contribution is 0.0696. The Kier molecular flexibility index (Phi) is 3.35. The van der Waals surface area contributed by atoms with E-state index in [1.807, 2.05) is 6.07 Å². The average Bonchev–Trinajstić information content (AvgIpc) is 2.93. The van der Waals surface area contributed by atoms with E-state index in [0.717, 1.165) is 11.4 Å². The highest BCUT2D eigenvalue weighted by Crippen LogP contribution is 2.24. The number of hydrogen-bond donors (Lipinski definition) is 2. The zero-order valence-corrected chi connectivity index (χ0v) is 11.4. The standard InChI is InChI=1S/C15H12N2O2S/c18-15(19)11-1-2-13(16-8-11)9-17-12-3-4-14-10(7-12)5-6-20-14/h1-8,17H,9H2,(H,18,19). The molecule has 0 saturated carbocycles. The molecule has 0 radical (unpaired) electrons. The van der Waals surface area contributed by atoms with Crippen molar-refractivity contribution in [2.45, 2.75) is 6.54 Å². The number of pyridine rings is 1. The van der Waals surface area contributed by atoms with Gasteiger partial charge in [0.15, 0.2) is 0 Å². The number of nitrogens with one attached hydrogen (secondary N) is 1. The summed E-state index contributed by atoms with van der Waals surface area (Å²) in [5, 5.41) is 15.4. The van der Waals surface area contributed by atoms with Gasteiger partial charge >= 0.3 is 5.97 Å². The Hall–Kier alpha value is -2.40. The second-order valence-electron chi connectivity index (χ2n) is 4.37. The van der Waals surface area contributed by atoms with Gasteiger partial charge < -0.3 is 10.4 Å². The van der Waals surface area contributed by atoms with Crippen LogP contribution >= 0.6 is 11.3 Å². The molecule has 0 saturated heterocycles. The van der Waals surface area contributed by atoms with Crippen molar-refractivity contribution < 1.29 is 9.90 Å². The Morgan fingerprint density at radius 3 is 2.90 bits per heavy atom. The minimum absolute atomic E-state index is 0.202. The molecule has 100 valence electrons. The van der Waals surface area contributed by atoms with Crippen LogP contribution in [0.1, 0.15) is 16.1 Å². The molecule has 0 amide bonds. The van der Waals surface area contributed by atoms with Crippen LogP contribution in [-0.2, 0) is 6.54 Å². The van der Waals surface area contributed by atoms with Gasteiger partial charge in [0, 0.05) is 16.6 Å². The van der Waals surface area contributed by atoms with Gasteiger partial charge in [0.25, 0.3) is 0 Å². The summed E-state index contributed by atoms with van der Waals surface area (Å²) in [7, 11) is 0. The van der Waals surface area contributed by atoms with Crippen LogP contribution in [0, 0.1) is 0 Å². The number of carbonyl (C=O) groups is 1. The molecule has 5 heteroatoms. The van der Waals surface area contributed by atoms with Crippen LogP contribution in [-0.4, -0.2) is 16.1 Å². The quantitative estimate of drug-likeness (QED) is 0.768. The molecule has 3 aromatic rings. The van der Waals surface area contributed by atoms with Crippen molar-refractivity contribution in [1.29, 1.82) is 0 Å². The molecule has 3 rings (SSSR count). The third-order valence-corrected chi connectivity index (χ3v) is 3.90. The highest BCUT2D eigenvalue weighted by atomic mass is 32.1. The first-order valence-corrected chi connectivity index (χ1v) is 7.00. The number of thiophene rings is 1. The van der Waals surface area contributed by atoms with E-state index < -0.39 is 5.97 Å². The summed E-state index contributed by atoms with van der Waals surface area (Å²) in [6.07, 6.45) is 1.38. The number of aromatic nitrogens is 1. The summed E-state index contributed by atoms with van der Waals surface area (Å²) in [6.45, 7) is 0.565. The van der Waals surface area contributed by atoms with Crippen molar-refractivity contribution >= 4 is 33.1 Å². The maximum Gasteiger partial charge on any atom is 0.337 e. The first-order valence-electron chi connectivity index (χ1n) is 6.12. The number of hydrogen-bond acceptors (Lipinski definition) is 4. The summed E-state index contributed by atoms with van der Waals surface area (Å²) in [5.74, 6) is -0.958. The van der Waals surface area contributed by atoms with Gasteiger partial charge in [0.2, 0.25) is 0 Å². The summed E-state index contributed by atoms with van der Waals surface area (Å²) in [4.78, 5) is 14.9. The van der Waals surface area contributed by atoms with E-state index in [4.69, 9.17) is 5.11 Å². The maximum atomic E-state index is 10.7. The van der Waals surface area contributed by atoms with Crippen molar-refractivity contribution in [1.82, 2.24) is 4.98 Å². The van der Waals surface area contributed by atoms with E-state index in [0.29, 0.717) is 6.54 Å². The molecule has 4 nitrogen and oxygen atoms in total. The highest BCUT2D eigenvalue weighted by molar-refractivity contribution is 7.17. The lowest BCUT2D eigenvalue weighted by Crippen LogP contribution is -2.03. The smallest absolute Gasteiger partial charge is 0.337 e. The summed E-state index contributed by atoms with van der Waals surface area (Å²) in [5.41, 5.74) is 2.04. The predicted octanol–water partition coefficient (Wildman–Crippen LogP) is 3.61. The third-order valence-electron chi connectivity index (χ3n) is 3.00. The van der Waals surface area contributed by atoms with Gasteiger partial charge in [-0.05, 0) is 47.2 Å². The lowest BCUT2D eigenvalue weighted by atomic mass is 10.2. The van der Waals surface area contributed by atoms with Crippen LogP contribution in [0.25, 0.3) is 10.1 Å². The number of rotatable bonds is 4. The first-order chi connectivity index (χ1) is 9.72. The molecular weight excluding hydrogens is 272 g/mol. The Bertz CT molecular complexity index is 750. The SMILES string of the molecule is O=C(O)c1ccc(CNc2ccc3sccc3c2)nc1. The zero-order valence-electron chi connectivity index (χ0n) is 10.5. The van der Waals surface area contributed by atoms with Crippen LogP contribution in [0.4, 0.5) is 5.69 Å². The fraction of sp³-hybridized carbons (Fsp3) is 0.0667. The third kappa shape index (κ3) is 2.62. The van der Waals surface area contributed by atoms with Crippen molar-refractivity contribution in [3.05, 3.63) is 59.2 Å². The number of carboxylic acids is 1. The molecule has 2 aromatic heterocycles. The Morgan fingerprint density at radius 2 is 2.15 bits per heavy atom. The van der Waals surface area contributed by atoms with Crippen LogP contribution in [0.3, 0.4) is 0 Å². The maximum absolute atomic E-state index is 10.7. The van der Waals surface area contributed by atoms with E-state index in [9.17, 15) is 4.79 Å². The molecule has 0 aliphatic rings. The Balaban J connectivity index is 1.70. The van der Waals surface area contributed by atoms with Crippen LogP contribution in [0.5, 0.6) is 0 Å². The molecule has 2 heterocycles. The van der Waals surface area contributed by atoms with Crippen molar-refractivity contribution in [2.24, 2.45) is 0 Å². The summed E-state index contributed by atoms with van der Waals surface area (Å²) < 4.78 is 1.26. The lowest BCUT2D eigenvalue weighted by Gasteiger charge is -2.06. The van der Waals surface area contributed by atoms with E-state index in [2.05, 4.69) is 33.9 Å². The largest absolute Gasteiger partial charge is 0.478 e. The zero-order chi connectivity index (χ0) is 13.9. The first kappa shape index (κ1) is 12.6. The molecular formula is C15H12N2O2S. The Morgan fingerprint density at radius 1 is 1.25 bits per heavy atom. The molecule has 0 bridgehead atoms. The van der Waals surface area contributed by atoms with Crippen LogP contribution in [0.2, 0.25) is 0 Å².